The molecule has 0 aromatic carbocycles. The van der Waals surface area contributed by atoms with Crippen LogP contribution in [0, 0.1) is 11.3 Å². The maximum atomic E-state index is 4.23. The van der Waals surface area contributed by atoms with Gasteiger partial charge in [-0.05, 0) is 31.1 Å². The van der Waals surface area contributed by atoms with Crippen molar-refractivity contribution in [2.45, 2.75) is 83.6 Å². The third kappa shape index (κ3) is 4.64. The fourth-order valence-corrected chi connectivity index (χ4v) is 4.74. The van der Waals surface area contributed by atoms with Crippen LogP contribution in [-0.2, 0) is 0 Å². The van der Waals surface area contributed by atoms with Gasteiger partial charge in [0.25, 0.3) is 0 Å². The van der Waals surface area contributed by atoms with Crippen LogP contribution in [0.25, 0.3) is 0 Å². The normalized spacial score (nSPS) is 28.6. The van der Waals surface area contributed by atoms with E-state index in [2.05, 4.69) is 53.0 Å². The predicted octanol–water partition coefficient (Wildman–Crippen LogP) is 6.07. The molecule has 1 heteroatoms. The van der Waals surface area contributed by atoms with E-state index in [0.29, 0.717) is 5.41 Å². The van der Waals surface area contributed by atoms with Gasteiger partial charge in [0.15, 0.2) is 0 Å². The molecule has 0 aliphatic carbocycles. The van der Waals surface area contributed by atoms with Crippen LogP contribution in [0.3, 0.4) is 0 Å². The lowest BCUT2D eigenvalue weighted by molar-refractivity contribution is 0.343. The summed E-state index contributed by atoms with van der Waals surface area (Å²) in [6.07, 6.45) is 8.39. The highest BCUT2D eigenvalue weighted by molar-refractivity contribution is 8.01. The fourth-order valence-electron chi connectivity index (χ4n) is 2.92. The lowest BCUT2D eigenvalue weighted by Crippen LogP contribution is -2.20. The topological polar surface area (TPSA) is 0 Å². The summed E-state index contributed by atoms with van der Waals surface area (Å²) in [5.74, 6) is 0.883. The van der Waals surface area contributed by atoms with Gasteiger partial charge >= 0.3 is 0 Å². The summed E-state index contributed by atoms with van der Waals surface area (Å²) in [7, 11) is 0. The second-order valence-electron chi connectivity index (χ2n) is 7.10. The first-order valence-corrected chi connectivity index (χ1v) is 8.61. The summed E-state index contributed by atoms with van der Waals surface area (Å²) in [4.78, 5) is 0. The summed E-state index contributed by atoms with van der Waals surface area (Å²) in [6.45, 7) is 15.9. The summed E-state index contributed by atoms with van der Waals surface area (Å²) >= 11 is 2.20. The van der Waals surface area contributed by atoms with Crippen LogP contribution in [0.15, 0.2) is 12.2 Å². The summed E-state index contributed by atoms with van der Waals surface area (Å²) in [5.41, 5.74) is 1.84. The first-order chi connectivity index (χ1) is 8.36. The van der Waals surface area contributed by atoms with Gasteiger partial charge in [-0.2, -0.15) is 0 Å². The molecule has 1 heterocycles. The van der Waals surface area contributed by atoms with E-state index in [4.69, 9.17) is 0 Å². The van der Waals surface area contributed by atoms with E-state index in [1.165, 1.54) is 44.1 Å². The minimum Gasteiger partial charge on any atom is -0.150 e. The molecule has 3 atom stereocenters. The standard InChI is InChI=1S/C17H32S/c1-7-8-9-10-11-14-12-15(17(4,5)6)18-16(14)13(2)3/h14-16H,2,7-12H2,1,3-6H3. The van der Waals surface area contributed by atoms with E-state index in [-0.39, 0.29) is 0 Å². The van der Waals surface area contributed by atoms with Gasteiger partial charge in [-0.1, -0.05) is 65.5 Å². The second-order valence-corrected chi connectivity index (χ2v) is 8.45. The molecule has 0 amide bonds. The van der Waals surface area contributed by atoms with E-state index >= 15 is 0 Å². The van der Waals surface area contributed by atoms with Crippen LogP contribution in [0.4, 0.5) is 0 Å². The molecule has 1 fully saturated rings. The molecular weight excluding hydrogens is 236 g/mol. The monoisotopic (exact) mass is 268 g/mol. The van der Waals surface area contributed by atoms with Gasteiger partial charge in [-0.15, -0.1) is 11.8 Å². The number of hydrogen-bond acceptors (Lipinski definition) is 1. The lowest BCUT2D eigenvalue weighted by atomic mass is 9.83. The lowest BCUT2D eigenvalue weighted by Gasteiger charge is -2.26. The van der Waals surface area contributed by atoms with Gasteiger partial charge in [0.2, 0.25) is 0 Å². The fraction of sp³-hybridized carbons (Fsp3) is 0.882. The van der Waals surface area contributed by atoms with Gasteiger partial charge < -0.3 is 0 Å². The Kier molecular flexibility index (Phi) is 6.30. The molecule has 18 heavy (non-hydrogen) atoms. The molecule has 3 unspecified atom stereocenters. The first-order valence-electron chi connectivity index (χ1n) is 7.67. The number of thioether (sulfide) groups is 1. The average molecular weight is 269 g/mol. The van der Waals surface area contributed by atoms with Crippen molar-refractivity contribution in [3.05, 3.63) is 12.2 Å². The molecule has 0 bridgehead atoms. The Morgan fingerprint density at radius 1 is 1.22 bits per heavy atom. The van der Waals surface area contributed by atoms with Crippen LogP contribution in [0.2, 0.25) is 0 Å². The first kappa shape index (κ1) is 16.1. The Balaban J connectivity index is 2.51. The van der Waals surface area contributed by atoms with Crippen molar-refractivity contribution in [1.82, 2.24) is 0 Å². The molecular formula is C17H32S. The third-order valence-corrected chi connectivity index (χ3v) is 6.44. The van der Waals surface area contributed by atoms with Crippen LogP contribution >= 0.6 is 11.8 Å². The van der Waals surface area contributed by atoms with E-state index in [1.807, 2.05) is 0 Å². The minimum atomic E-state index is 0.441. The molecule has 1 saturated heterocycles. The minimum absolute atomic E-state index is 0.441. The van der Waals surface area contributed by atoms with Crippen LogP contribution in [0.1, 0.15) is 73.1 Å². The highest BCUT2D eigenvalue weighted by Gasteiger charge is 2.39. The maximum absolute atomic E-state index is 4.23. The molecule has 1 aliphatic rings. The zero-order valence-electron chi connectivity index (χ0n) is 13.1. The SMILES string of the molecule is C=C(C)C1SC(C(C)(C)C)CC1CCCCCC. The van der Waals surface area contributed by atoms with Crippen molar-refractivity contribution in [2.24, 2.45) is 11.3 Å². The molecule has 0 radical (unpaired) electrons. The van der Waals surface area contributed by atoms with E-state index in [0.717, 1.165) is 16.4 Å². The Morgan fingerprint density at radius 3 is 2.39 bits per heavy atom. The van der Waals surface area contributed by atoms with Crippen molar-refractivity contribution in [1.29, 1.82) is 0 Å². The van der Waals surface area contributed by atoms with Crippen LogP contribution in [-0.4, -0.2) is 10.5 Å². The molecule has 0 N–H and O–H groups in total. The molecule has 1 aliphatic heterocycles. The summed E-state index contributed by atoms with van der Waals surface area (Å²) in [5, 5.41) is 1.53. The average Bonchev–Trinajstić information content (AvgIpc) is 2.68. The number of unbranched alkanes of at least 4 members (excludes halogenated alkanes) is 3. The van der Waals surface area contributed by atoms with E-state index in [9.17, 15) is 0 Å². The van der Waals surface area contributed by atoms with Crippen LogP contribution < -0.4 is 0 Å². The maximum Gasteiger partial charge on any atom is 0.0282 e. The summed E-state index contributed by atoms with van der Waals surface area (Å²) < 4.78 is 0. The van der Waals surface area contributed by atoms with Crippen molar-refractivity contribution in [3.63, 3.8) is 0 Å². The molecule has 0 saturated carbocycles. The Hall–Kier alpha value is 0.0900. The van der Waals surface area contributed by atoms with E-state index in [1.54, 1.807) is 0 Å². The predicted molar refractivity (Wildman–Crippen MR) is 86.3 cm³/mol. The molecule has 106 valence electrons. The molecule has 0 aromatic rings. The van der Waals surface area contributed by atoms with Crippen molar-refractivity contribution in [3.8, 4) is 0 Å². The highest BCUT2D eigenvalue weighted by atomic mass is 32.2. The van der Waals surface area contributed by atoms with Gasteiger partial charge in [-0.25, -0.2) is 0 Å². The van der Waals surface area contributed by atoms with Gasteiger partial charge in [0.1, 0.15) is 0 Å². The molecule has 0 spiro atoms. The van der Waals surface area contributed by atoms with E-state index < -0.39 is 0 Å². The van der Waals surface area contributed by atoms with Crippen LogP contribution in [0.5, 0.6) is 0 Å². The molecule has 1 rings (SSSR count). The molecule has 0 aromatic heterocycles. The van der Waals surface area contributed by atoms with Gasteiger partial charge in [-0.3, -0.25) is 0 Å². The Bertz CT molecular complexity index is 261. The zero-order chi connectivity index (χ0) is 13.8. The quantitative estimate of drug-likeness (QED) is 0.416. The second kappa shape index (κ2) is 7.03. The Morgan fingerprint density at radius 2 is 1.89 bits per heavy atom. The smallest absolute Gasteiger partial charge is 0.0282 e. The summed E-state index contributed by atoms with van der Waals surface area (Å²) in [6, 6.07) is 0. The number of rotatable bonds is 6. The van der Waals surface area contributed by atoms with Crippen molar-refractivity contribution < 1.29 is 0 Å². The van der Waals surface area contributed by atoms with Crippen molar-refractivity contribution in [2.75, 3.05) is 0 Å². The Labute approximate surface area is 119 Å². The van der Waals surface area contributed by atoms with Crippen molar-refractivity contribution >= 4 is 11.8 Å². The zero-order valence-corrected chi connectivity index (χ0v) is 13.9. The van der Waals surface area contributed by atoms with Gasteiger partial charge in [0.05, 0.1) is 0 Å². The van der Waals surface area contributed by atoms with Gasteiger partial charge in [0, 0.05) is 10.5 Å². The number of hydrogen-bond donors (Lipinski definition) is 0. The third-order valence-electron chi connectivity index (χ3n) is 4.14. The highest BCUT2D eigenvalue weighted by Crippen LogP contribution is 2.50. The largest absolute Gasteiger partial charge is 0.150 e. The molecule has 0 nitrogen and oxygen atoms in total.